The Kier molecular flexibility index (Phi) is 7.56. The first-order valence-corrected chi connectivity index (χ1v) is 25.4. The summed E-state index contributed by atoms with van der Waals surface area (Å²) in [5, 5.41) is 2.97. The van der Waals surface area contributed by atoms with Gasteiger partial charge < -0.3 is 0 Å². The van der Waals surface area contributed by atoms with Crippen LogP contribution in [0, 0.1) is 0 Å². The van der Waals surface area contributed by atoms with Crippen molar-refractivity contribution < 1.29 is 17.9 Å². The van der Waals surface area contributed by atoms with E-state index >= 15 is 0 Å². The Bertz CT molecular complexity index is 1860. The molecular weight excluding hydrogens is 647 g/mol. The molecule has 0 radical (unpaired) electrons. The van der Waals surface area contributed by atoms with Crippen LogP contribution in [-0.2, 0) is 24.3 Å². The van der Waals surface area contributed by atoms with Crippen LogP contribution in [0.2, 0.25) is 0 Å². The zero-order valence-corrected chi connectivity index (χ0v) is 29.7. The van der Waals surface area contributed by atoms with Gasteiger partial charge >= 0.3 is 266 Å². The van der Waals surface area contributed by atoms with E-state index in [2.05, 4.69) is 136 Å². The van der Waals surface area contributed by atoms with Crippen LogP contribution in [0.1, 0.15) is 58.1 Å². The van der Waals surface area contributed by atoms with Gasteiger partial charge in [0.25, 0.3) is 0 Å². The van der Waals surface area contributed by atoms with Gasteiger partial charge in [-0.1, -0.05) is 0 Å². The van der Waals surface area contributed by atoms with Crippen molar-refractivity contribution in [3.05, 3.63) is 137 Å². The zero-order valence-electron chi connectivity index (χ0n) is 24.3. The average Bonchev–Trinajstić information content (AvgIpc) is 3.60. The summed E-state index contributed by atoms with van der Waals surface area (Å²) in [5.74, 6) is 0.425. The summed E-state index contributed by atoms with van der Waals surface area (Å²) in [7, 11) is 15.3. The van der Waals surface area contributed by atoms with Crippen LogP contribution < -0.4 is 13.6 Å². The second kappa shape index (κ2) is 11.2. The van der Waals surface area contributed by atoms with Crippen LogP contribution in [0.3, 0.4) is 0 Å². The van der Waals surface area contributed by atoms with E-state index in [1.807, 2.05) is 0 Å². The van der Waals surface area contributed by atoms with Gasteiger partial charge in [0, 0.05) is 0 Å². The Balaban J connectivity index is 1.47. The molecule has 1 heterocycles. The van der Waals surface area contributed by atoms with Crippen molar-refractivity contribution >= 4 is 51.8 Å². The molecule has 5 aromatic rings. The summed E-state index contributed by atoms with van der Waals surface area (Å²) >= 11 is -4.13. The van der Waals surface area contributed by atoms with Gasteiger partial charge in [-0.2, -0.15) is 0 Å². The molecule has 1 atom stereocenters. The summed E-state index contributed by atoms with van der Waals surface area (Å²) < 4.78 is 1.27. The maximum atomic E-state index is 7.98. The summed E-state index contributed by atoms with van der Waals surface area (Å²) in [6.45, 7) is 6.84. The van der Waals surface area contributed by atoms with Gasteiger partial charge in [-0.05, 0) is 0 Å². The molecule has 4 heteroatoms. The second-order valence-electron chi connectivity index (χ2n) is 11.9. The molecule has 0 nitrogen and oxygen atoms in total. The number of halogens is 2. The van der Waals surface area contributed by atoms with Gasteiger partial charge in [0.2, 0.25) is 0 Å². The molecule has 1 aliphatic carbocycles. The maximum absolute atomic E-state index is 7.98. The Hall–Kier alpha value is -2.48. The predicted molar refractivity (Wildman–Crippen MR) is 183 cm³/mol. The Morgan fingerprint density at radius 1 is 0.738 bits per heavy atom. The molecule has 0 spiro atoms. The zero-order chi connectivity index (χ0) is 29.0. The van der Waals surface area contributed by atoms with Gasteiger partial charge in [0.1, 0.15) is 0 Å². The summed E-state index contributed by atoms with van der Waals surface area (Å²) in [5.41, 5.74) is 13.3. The number of hydrogen-bond donors (Lipinski definition) is 0. The number of aryl methyl sites for hydroxylation is 1. The molecule has 0 fully saturated rings. The van der Waals surface area contributed by atoms with E-state index in [0.29, 0.717) is 5.92 Å². The molecule has 208 valence electrons. The number of fused-ring (bicyclic) bond motifs is 4. The van der Waals surface area contributed by atoms with Crippen molar-refractivity contribution in [1.29, 1.82) is 0 Å². The SMILES string of the molecule is CCc1ccc2c(c1-c1ccccc1C(C)C)C=C(c1ccccc1)[CH]2[Zr]([Cl])([Cl])[c]1cccc2c1[SiH2]c1ccccc1-2. The topological polar surface area (TPSA) is 0 Å². The number of hydrogen-bond acceptors (Lipinski definition) is 0. The minimum atomic E-state index is -4.13. The molecule has 5 aromatic carbocycles. The third-order valence-corrected chi connectivity index (χ3v) is 23.4. The van der Waals surface area contributed by atoms with Crippen molar-refractivity contribution in [3.63, 3.8) is 0 Å². The van der Waals surface area contributed by atoms with Crippen molar-refractivity contribution in [2.24, 2.45) is 0 Å². The van der Waals surface area contributed by atoms with Gasteiger partial charge in [-0.25, -0.2) is 0 Å². The fourth-order valence-electron chi connectivity index (χ4n) is 7.23. The van der Waals surface area contributed by atoms with E-state index in [1.165, 1.54) is 69.3 Å². The molecule has 42 heavy (non-hydrogen) atoms. The van der Waals surface area contributed by atoms with Crippen LogP contribution in [0.15, 0.2) is 109 Å². The molecule has 1 aliphatic heterocycles. The van der Waals surface area contributed by atoms with E-state index in [-0.39, 0.29) is 3.63 Å². The van der Waals surface area contributed by atoms with Gasteiger partial charge in [0.15, 0.2) is 0 Å². The second-order valence-corrected chi connectivity index (χ2v) is 27.7. The molecule has 0 bridgehead atoms. The molecule has 2 aliphatic rings. The Morgan fingerprint density at radius 2 is 1.43 bits per heavy atom. The van der Waals surface area contributed by atoms with Gasteiger partial charge in [-0.15, -0.1) is 0 Å². The summed E-state index contributed by atoms with van der Waals surface area (Å²) in [4.78, 5) is 0. The van der Waals surface area contributed by atoms with E-state index in [1.54, 1.807) is 0 Å². The first-order chi connectivity index (χ1) is 20.4. The Labute approximate surface area is 263 Å². The molecular formula is C38H34Cl2SiZr. The van der Waals surface area contributed by atoms with Crippen molar-refractivity contribution in [1.82, 2.24) is 0 Å². The monoisotopic (exact) mass is 678 g/mol. The van der Waals surface area contributed by atoms with Crippen LogP contribution in [-0.4, -0.2) is 9.52 Å². The minimum absolute atomic E-state index is 0.000106. The molecule has 1 unspecified atom stereocenters. The van der Waals surface area contributed by atoms with E-state index in [0.717, 1.165) is 6.42 Å². The summed E-state index contributed by atoms with van der Waals surface area (Å²) in [6, 6.07) is 40.0. The molecule has 0 aromatic heterocycles. The molecule has 0 saturated carbocycles. The van der Waals surface area contributed by atoms with Crippen molar-refractivity contribution in [3.8, 4) is 22.3 Å². The molecule has 7 rings (SSSR count). The predicted octanol–water partition coefficient (Wildman–Crippen LogP) is 8.52. The number of rotatable bonds is 6. The van der Waals surface area contributed by atoms with Gasteiger partial charge in [0.05, 0.1) is 0 Å². The van der Waals surface area contributed by atoms with Crippen LogP contribution in [0.4, 0.5) is 0 Å². The average molecular weight is 681 g/mol. The first kappa shape index (κ1) is 28.3. The van der Waals surface area contributed by atoms with Crippen LogP contribution in [0.25, 0.3) is 33.9 Å². The van der Waals surface area contributed by atoms with Crippen molar-refractivity contribution in [2.75, 3.05) is 0 Å². The Morgan fingerprint density at radius 3 is 2.19 bits per heavy atom. The van der Waals surface area contributed by atoms with E-state index < -0.39 is 27.4 Å². The van der Waals surface area contributed by atoms with Crippen molar-refractivity contribution in [2.45, 2.75) is 36.7 Å². The van der Waals surface area contributed by atoms with Gasteiger partial charge in [-0.3, -0.25) is 0 Å². The molecule has 0 amide bonds. The molecule has 0 saturated heterocycles. The first-order valence-electron chi connectivity index (χ1n) is 15.0. The quantitative estimate of drug-likeness (QED) is 0.155. The third-order valence-electron chi connectivity index (χ3n) is 9.20. The third kappa shape index (κ3) is 4.58. The standard InChI is InChI=1S/C26H25.C12H9Si.2ClH.Zr/c1-4-19-14-15-21-16-22(20-10-6-5-7-11-20)17-25(21)26(19)24-13-9-8-12-23(24)18(2)3;1-3-7-11-9(5-1)10-6-2-4-8-12(10)13-11;;;/h5-18H,4H2,1-3H3;1-7H,13H2;2*1H;/q;;;;+2/p-2. The van der Waals surface area contributed by atoms with E-state index in [9.17, 15) is 0 Å². The van der Waals surface area contributed by atoms with Crippen LogP contribution in [0.5, 0.6) is 0 Å². The van der Waals surface area contributed by atoms with Crippen LogP contribution >= 0.6 is 17.0 Å². The summed E-state index contributed by atoms with van der Waals surface area (Å²) in [6.07, 6.45) is 3.41. The van der Waals surface area contributed by atoms with E-state index in [4.69, 9.17) is 17.0 Å². The number of benzene rings is 5. The fraction of sp³-hybridized carbons (Fsp3) is 0.158. The normalized spacial score (nSPS) is 16.0. The number of allylic oxidation sites excluding steroid dienone is 1. The fourth-order valence-corrected chi connectivity index (χ4v) is 23.7. The molecule has 0 N–H and O–H groups in total.